The Labute approximate surface area is 206 Å². The van der Waals surface area contributed by atoms with Crippen LogP contribution in [-0.4, -0.2) is 27.7 Å². The number of nitrogens with one attached hydrogen (secondary N) is 2. The molecule has 8 heteroatoms. The molecule has 178 valence electrons. The zero-order chi connectivity index (χ0) is 24.5. The van der Waals surface area contributed by atoms with E-state index >= 15 is 0 Å². The van der Waals surface area contributed by atoms with Crippen LogP contribution in [0.3, 0.4) is 0 Å². The van der Waals surface area contributed by atoms with E-state index in [1.54, 1.807) is 13.3 Å². The second-order valence-electron chi connectivity index (χ2n) is 9.30. The summed E-state index contributed by atoms with van der Waals surface area (Å²) in [6, 6.07) is 15.6. The minimum absolute atomic E-state index is 0.0780. The zero-order valence-electron chi connectivity index (χ0n) is 20.2. The van der Waals surface area contributed by atoms with E-state index in [9.17, 15) is 4.79 Å². The van der Waals surface area contributed by atoms with Gasteiger partial charge in [-0.2, -0.15) is 0 Å². The predicted molar refractivity (Wildman–Crippen MR) is 139 cm³/mol. The van der Waals surface area contributed by atoms with Crippen molar-refractivity contribution in [2.45, 2.75) is 46.3 Å². The molecular formula is C26H31N5O2S. The summed E-state index contributed by atoms with van der Waals surface area (Å²) in [6.45, 7) is 8.60. The van der Waals surface area contributed by atoms with Crippen LogP contribution >= 0.6 is 12.2 Å². The zero-order valence-corrected chi connectivity index (χ0v) is 21.0. The number of thiocarbonyl (C=S) groups is 1. The molecule has 1 aliphatic heterocycles. The van der Waals surface area contributed by atoms with Gasteiger partial charge in [-0.25, -0.2) is 0 Å². The molecule has 2 N–H and O–H groups in total. The van der Waals surface area contributed by atoms with E-state index in [1.165, 1.54) is 0 Å². The van der Waals surface area contributed by atoms with Crippen molar-refractivity contribution in [1.82, 2.24) is 14.9 Å². The Bertz CT molecular complexity index is 1190. The molecule has 1 fully saturated rings. The van der Waals surface area contributed by atoms with Crippen LogP contribution in [0.1, 0.15) is 51.2 Å². The second-order valence-corrected chi connectivity index (χ2v) is 9.69. The maximum atomic E-state index is 12.6. The van der Waals surface area contributed by atoms with E-state index in [2.05, 4.69) is 50.3 Å². The molecule has 0 radical (unpaired) electrons. The number of benzene rings is 1. The number of carbonyl (C=O) groups is 1. The Kier molecular flexibility index (Phi) is 6.61. The summed E-state index contributed by atoms with van der Waals surface area (Å²) < 4.78 is 7.87. The number of aromatic nitrogens is 2. The highest BCUT2D eigenvalue weighted by atomic mass is 32.1. The summed E-state index contributed by atoms with van der Waals surface area (Å²) in [5, 5.41) is 7.07. The number of ether oxygens (including phenoxy) is 1. The third kappa shape index (κ3) is 4.50. The topological polar surface area (TPSA) is 71.4 Å². The van der Waals surface area contributed by atoms with E-state index in [-0.39, 0.29) is 18.0 Å². The summed E-state index contributed by atoms with van der Waals surface area (Å²) in [4.78, 5) is 19.3. The summed E-state index contributed by atoms with van der Waals surface area (Å²) in [6.07, 6.45) is 3.88. The predicted octanol–water partition coefficient (Wildman–Crippen LogP) is 5.07. The van der Waals surface area contributed by atoms with Gasteiger partial charge in [-0.1, -0.05) is 26.8 Å². The average Bonchev–Trinajstić information content (AvgIpc) is 3.43. The monoisotopic (exact) mass is 477 g/mol. The van der Waals surface area contributed by atoms with Gasteiger partial charge < -0.3 is 24.8 Å². The third-order valence-corrected chi connectivity index (χ3v) is 6.31. The summed E-state index contributed by atoms with van der Waals surface area (Å²) in [5.74, 6) is 0.495. The fraction of sp³-hybridized carbons (Fsp3) is 0.346. The lowest BCUT2D eigenvalue weighted by atomic mass is 9.95. The fourth-order valence-electron chi connectivity index (χ4n) is 4.16. The van der Waals surface area contributed by atoms with Crippen molar-refractivity contribution in [2.24, 2.45) is 5.41 Å². The van der Waals surface area contributed by atoms with Crippen molar-refractivity contribution in [3.8, 4) is 5.75 Å². The Morgan fingerprint density at radius 1 is 1.21 bits per heavy atom. The molecule has 1 amide bonds. The molecule has 0 saturated carbocycles. The van der Waals surface area contributed by atoms with Gasteiger partial charge in [0, 0.05) is 41.8 Å². The van der Waals surface area contributed by atoms with Crippen molar-refractivity contribution in [2.75, 3.05) is 17.3 Å². The van der Waals surface area contributed by atoms with Crippen LogP contribution in [0.15, 0.2) is 60.9 Å². The molecule has 1 saturated heterocycles. The lowest BCUT2D eigenvalue weighted by Gasteiger charge is -2.29. The molecule has 0 bridgehead atoms. The molecule has 2 aromatic heterocycles. The van der Waals surface area contributed by atoms with Crippen molar-refractivity contribution in [3.05, 3.63) is 72.3 Å². The van der Waals surface area contributed by atoms with Crippen molar-refractivity contribution in [1.29, 1.82) is 0 Å². The molecule has 2 atom stereocenters. The minimum Gasteiger partial charge on any atom is -0.494 e. The highest BCUT2D eigenvalue weighted by Crippen LogP contribution is 2.43. The fourth-order valence-corrected chi connectivity index (χ4v) is 4.51. The SMILES string of the molecule is CCn1cccc1[C@@H]1[C@@H](c2ccccn2)NC(=S)N1c1ccc(NC(=O)C(C)(C)C)c(OC)c1. The Morgan fingerprint density at radius 2 is 2.00 bits per heavy atom. The van der Waals surface area contributed by atoms with Crippen LogP contribution in [0.5, 0.6) is 5.75 Å². The van der Waals surface area contributed by atoms with Crippen molar-refractivity contribution >= 4 is 34.6 Å². The highest BCUT2D eigenvalue weighted by molar-refractivity contribution is 7.80. The third-order valence-electron chi connectivity index (χ3n) is 6.00. The second kappa shape index (κ2) is 9.46. The van der Waals surface area contributed by atoms with E-state index in [0.29, 0.717) is 16.5 Å². The Morgan fingerprint density at radius 3 is 2.65 bits per heavy atom. The first-order chi connectivity index (χ1) is 16.2. The first-order valence-corrected chi connectivity index (χ1v) is 11.8. The summed E-state index contributed by atoms with van der Waals surface area (Å²) in [5.41, 5.74) is 3.03. The van der Waals surface area contributed by atoms with Gasteiger partial charge in [0.15, 0.2) is 5.11 Å². The van der Waals surface area contributed by atoms with Gasteiger partial charge in [-0.15, -0.1) is 0 Å². The van der Waals surface area contributed by atoms with Crippen LogP contribution in [-0.2, 0) is 11.3 Å². The Balaban J connectivity index is 1.77. The van der Waals surface area contributed by atoms with Crippen LogP contribution in [0.4, 0.5) is 11.4 Å². The lowest BCUT2D eigenvalue weighted by Crippen LogP contribution is -2.30. The molecule has 7 nitrogen and oxygen atoms in total. The van der Waals surface area contributed by atoms with E-state index in [1.807, 2.05) is 57.2 Å². The van der Waals surface area contributed by atoms with Gasteiger partial charge >= 0.3 is 0 Å². The van der Waals surface area contributed by atoms with Crippen LogP contribution in [0.25, 0.3) is 0 Å². The first kappa shape index (κ1) is 23.8. The molecule has 1 aromatic carbocycles. The van der Waals surface area contributed by atoms with Gasteiger partial charge in [0.1, 0.15) is 11.8 Å². The molecule has 34 heavy (non-hydrogen) atoms. The highest BCUT2D eigenvalue weighted by Gasteiger charge is 2.42. The lowest BCUT2D eigenvalue weighted by molar-refractivity contribution is -0.123. The molecule has 0 unspecified atom stereocenters. The number of pyridine rings is 1. The summed E-state index contributed by atoms with van der Waals surface area (Å²) in [7, 11) is 1.60. The van der Waals surface area contributed by atoms with E-state index in [0.717, 1.165) is 23.6 Å². The molecule has 3 heterocycles. The number of hydrogen-bond donors (Lipinski definition) is 2. The van der Waals surface area contributed by atoms with Gasteiger partial charge in [0.2, 0.25) is 5.91 Å². The summed E-state index contributed by atoms with van der Waals surface area (Å²) >= 11 is 5.83. The molecule has 4 rings (SSSR count). The van der Waals surface area contributed by atoms with Crippen LogP contribution < -0.4 is 20.3 Å². The number of aryl methyl sites for hydroxylation is 1. The first-order valence-electron chi connectivity index (χ1n) is 11.4. The van der Waals surface area contributed by atoms with Crippen LogP contribution in [0.2, 0.25) is 0 Å². The van der Waals surface area contributed by atoms with Crippen molar-refractivity contribution in [3.63, 3.8) is 0 Å². The average molecular weight is 478 g/mol. The van der Waals surface area contributed by atoms with Gasteiger partial charge in [-0.05, 0) is 55.5 Å². The minimum atomic E-state index is -0.517. The van der Waals surface area contributed by atoms with Crippen molar-refractivity contribution < 1.29 is 9.53 Å². The van der Waals surface area contributed by atoms with E-state index < -0.39 is 5.41 Å². The number of hydrogen-bond acceptors (Lipinski definition) is 4. The van der Waals surface area contributed by atoms with Crippen LogP contribution in [0, 0.1) is 5.41 Å². The molecule has 1 aliphatic rings. The number of anilines is 2. The molecule has 0 aliphatic carbocycles. The van der Waals surface area contributed by atoms with Gasteiger partial charge in [0.05, 0.1) is 24.5 Å². The number of rotatable bonds is 6. The standard InChI is InChI=1S/C26H31N5O2S/c1-6-30-15-9-11-20(30)23-22(19-10-7-8-14-27-19)29-25(34)31(23)17-12-13-18(21(16-17)33-5)28-24(32)26(2,3)4/h7-16,22-23H,6H2,1-5H3,(H,28,32)(H,29,34)/t22-,23-/m1/s1. The van der Waals surface area contributed by atoms with Gasteiger partial charge in [-0.3, -0.25) is 9.78 Å². The van der Waals surface area contributed by atoms with Gasteiger partial charge in [0.25, 0.3) is 0 Å². The normalized spacial score (nSPS) is 18.0. The smallest absolute Gasteiger partial charge is 0.229 e. The number of methoxy groups -OCH3 is 1. The quantitative estimate of drug-likeness (QED) is 0.483. The Hall–Kier alpha value is -3.39. The number of amides is 1. The molecule has 0 spiro atoms. The maximum absolute atomic E-state index is 12.6. The largest absolute Gasteiger partial charge is 0.494 e. The molecular weight excluding hydrogens is 446 g/mol. The van der Waals surface area contributed by atoms with E-state index in [4.69, 9.17) is 17.0 Å². The number of carbonyl (C=O) groups excluding carboxylic acids is 1. The maximum Gasteiger partial charge on any atom is 0.229 e. The molecule has 3 aromatic rings. The number of nitrogens with zero attached hydrogens (tertiary/aromatic N) is 3.